The van der Waals surface area contributed by atoms with E-state index < -0.39 is 18.0 Å². The predicted octanol–water partition coefficient (Wildman–Crippen LogP) is 1.75. The number of urea groups is 1. The van der Waals surface area contributed by atoms with Crippen molar-refractivity contribution in [2.45, 2.75) is 51.0 Å². The number of aliphatic carboxylic acids is 1. The van der Waals surface area contributed by atoms with Crippen LogP contribution in [0.5, 0.6) is 0 Å². The predicted molar refractivity (Wildman–Crippen MR) is 75.6 cm³/mol. The Morgan fingerprint density at radius 1 is 1.35 bits per heavy atom. The summed E-state index contributed by atoms with van der Waals surface area (Å²) < 4.78 is 4.82. The molecule has 0 radical (unpaired) electrons. The van der Waals surface area contributed by atoms with E-state index >= 15 is 0 Å². The van der Waals surface area contributed by atoms with Crippen LogP contribution in [0.25, 0.3) is 0 Å². The fourth-order valence-corrected chi connectivity index (χ4v) is 2.59. The lowest BCUT2D eigenvalue weighted by Gasteiger charge is -2.15. The van der Waals surface area contributed by atoms with Crippen molar-refractivity contribution < 1.29 is 19.4 Å². The standard InChI is InChI=1S/C14H26N2O4/c1-20-10-8-12(13(17)18)16-14(19)15-9-4-7-11-5-2-3-6-11/h11-12H,2-10H2,1H3,(H,17,18)(H2,15,16,19). The molecule has 0 aromatic rings. The molecule has 116 valence electrons. The second-order valence-corrected chi connectivity index (χ2v) is 5.37. The van der Waals surface area contributed by atoms with Gasteiger partial charge in [-0.05, 0) is 18.8 Å². The zero-order chi connectivity index (χ0) is 14.8. The molecule has 0 aromatic carbocycles. The third-order valence-corrected chi connectivity index (χ3v) is 3.76. The summed E-state index contributed by atoms with van der Waals surface area (Å²) in [6.45, 7) is 0.901. The van der Waals surface area contributed by atoms with Crippen molar-refractivity contribution in [3.8, 4) is 0 Å². The van der Waals surface area contributed by atoms with Gasteiger partial charge < -0.3 is 20.5 Å². The minimum absolute atomic E-state index is 0.265. The number of hydrogen-bond acceptors (Lipinski definition) is 3. The van der Waals surface area contributed by atoms with Gasteiger partial charge >= 0.3 is 12.0 Å². The fraction of sp³-hybridized carbons (Fsp3) is 0.857. The minimum atomic E-state index is -1.04. The molecule has 0 aliphatic heterocycles. The van der Waals surface area contributed by atoms with Gasteiger partial charge in [-0.25, -0.2) is 9.59 Å². The largest absolute Gasteiger partial charge is 0.480 e. The van der Waals surface area contributed by atoms with Crippen LogP contribution in [0.2, 0.25) is 0 Å². The van der Waals surface area contributed by atoms with Gasteiger partial charge in [0.05, 0.1) is 0 Å². The summed E-state index contributed by atoms with van der Waals surface area (Å²) >= 11 is 0. The van der Waals surface area contributed by atoms with Crippen LogP contribution >= 0.6 is 0 Å². The molecule has 0 bridgehead atoms. The molecule has 3 N–H and O–H groups in total. The molecule has 1 unspecified atom stereocenters. The summed E-state index contributed by atoms with van der Waals surface area (Å²) in [7, 11) is 1.50. The third kappa shape index (κ3) is 6.75. The van der Waals surface area contributed by atoms with E-state index in [2.05, 4.69) is 10.6 Å². The Bertz CT molecular complexity index is 304. The first-order valence-corrected chi connectivity index (χ1v) is 7.39. The van der Waals surface area contributed by atoms with E-state index in [9.17, 15) is 9.59 Å². The van der Waals surface area contributed by atoms with E-state index in [1.807, 2.05) is 0 Å². The molecule has 0 spiro atoms. The van der Waals surface area contributed by atoms with Crippen LogP contribution in [-0.2, 0) is 9.53 Å². The number of carbonyl (C=O) groups excluding carboxylic acids is 1. The number of ether oxygens (including phenoxy) is 1. The van der Waals surface area contributed by atoms with Gasteiger partial charge in [-0.1, -0.05) is 25.7 Å². The zero-order valence-corrected chi connectivity index (χ0v) is 12.2. The molecule has 1 atom stereocenters. The van der Waals surface area contributed by atoms with Crippen LogP contribution in [0.4, 0.5) is 4.79 Å². The first-order valence-electron chi connectivity index (χ1n) is 7.39. The lowest BCUT2D eigenvalue weighted by molar-refractivity contribution is -0.139. The van der Waals surface area contributed by atoms with Gasteiger partial charge in [0.15, 0.2) is 0 Å². The molecule has 1 fully saturated rings. The zero-order valence-electron chi connectivity index (χ0n) is 12.2. The third-order valence-electron chi connectivity index (χ3n) is 3.76. The first kappa shape index (κ1) is 16.8. The normalized spacial score (nSPS) is 16.9. The van der Waals surface area contributed by atoms with Crippen molar-refractivity contribution in [2.24, 2.45) is 5.92 Å². The van der Waals surface area contributed by atoms with Gasteiger partial charge in [-0.2, -0.15) is 0 Å². The molecule has 0 saturated heterocycles. The van der Waals surface area contributed by atoms with Crippen molar-refractivity contribution in [1.29, 1.82) is 0 Å². The number of carbonyl (C=O) groups is 2. The van der Waals surface area contributed by atoms with Crippen LogP contribution in [-0.4, -0.2) is 43.4 Å². The number of rotatable bonds is 9. The highest BCUT2D eigenvalue weighted by molar-refractivity contribution is 5.82. The number of methoxy groups -OCH3 is 1. The van der Waals surface area contributed by atoms with Crippen molar-refractivity contribution in [3.05, 3.63) is 0 Å². The molecule has 20 heavy (non-hydrogen) atoms. The fourth-order valence-electron chi connectivity index (χ4n) is 2.59. The molecule has 1 aliphatic carbocycles. The minimum Gasteiger partial charge on any atom is -0.480 e. The average molecular weight is 286 g/mol. The quantitative estimate of drug-likeness (QED) is 0.563. The maximum Gasteiger partial charge on any atom is 0.326 e. The Balaban J connectivity index is 2.12. The molecule has 1 saturated carbocycles. The van der Waals surface area contributed by atoms with Gasteiger partial charge in [0.2, 0.25) is 0 Å². The Hall–Kier alpha value is -1.30. The average Bonchev–Trinajstić information content (AvgIpc) is 2.92. The molecule has 1 aliphatic rings. The van der Waals surface area contributed by atoms with Crippen LogP contribution in [0, 0.1) is 5.92 Å². The smallest absolute Gasteiger partial charge is 0.326 e. The maximum absolute atomic E-state index is 11.6. The lowest BCUT2D eigenvalue weighted by atomic mass is 10.0. The Kier molecular flexibility index (Phi) is 8.02. The first-order chi connectivity index (χ1) is 9.63. The van der Waals surface area contributed by atoms with Gasteiger partial charge in [0.1, 0.15) is 6.04 Å². The molecular formula is C14H26N2O4. The lowest BCUT2D eigenvalue weighted by Crippen LogP contribution is -2.46. The summed E-state index contributed by atoms with van der Waals surface area (Å²) in [5, 5.41) is 14.1. The summed E-state index contributed by atoms with van der Waals surface area (Å²) in [5.74, 6) is -0.225. The number of nitrogens with one attached hydrogen (secondary N) is 2. The Labute approximate surface area is 120 Å². The number of carboxylic acids is 1. The number of carboxylic acid groups (broad SMARTS) is 1. The van der Waals surface area contributed by atoms with Crippen LogP contribution in [0.1, 0.15) is 44.9 Å². The molecule has 2 amide bonds. The highest BCUT2D eigenvalue weighted by Crippen LogP contribution is 2.28. The van der Waals surface area contributed by atoms with Crippen molar-refractivity contribution >= 4 is 12.0 Å². The van der Waals surface area contributed by atoms with Gasteiger partial charge in [0, 0.05) is 26.7 Å². The van der Waals surface area contributed by atoms with E-state index in [0.29, 0.717) is 13.2 Å². The summed E-state index contributed by atoms with van der Waals surface area (Å²) in [6.07, 6.45) is 7.65. The van der Waals surface area contributed by atoms with E-state index in [1.54, 1.807) is 0 Å². The topological polar surface area (TPSA) is 87.7 Å². The van der Waals surface area contributed by atoms with E-state index in [0.717, 1.165) is 18.8 Å². The molecule has 6 nitrogen and oxygen atoms in total. The molecule has 0 aromatic heterocycles. The van der Waals surface area contributed by atoms with Crippen LogP contribution in [0.15, 0.2) is 0 Å². The van der Waals surface area contributed by atoms with E-state index in [-0.39, 0.29) is 6.42 Å². The molecule has 1 rings (SSSR count). The maximum atomic E-state index is 11.6. The van der Waals surface area contributed by atoms with Crippen molar-refractivity contribution in [3.63, 3.8) is 0 Å². The Morgan fingerprint density at radius 3 is 2.65 bits per heavy atom. The molecular weight excluding hydrogens is 260 g/mol. The highest BCUT2D eigenvalue weighted by Gasteiger charge is 2.19. The SMILES string of the molecule is COCCC(NC(=O)NCCCC1CCCC1)C(=O)O. The van der Waals surface area contributed by atoms with E-state index in [4.69, 9.17) is 9.84 Å². The van der Waals surface area contributed by atoms with Crippen molar-refractivity contribution in [1.82, 2.24) is 10.6 Å². The number of amides is 2. The van der Waals surface area contributed by atoms with Gasteiger partial charge in [0.25, 0.3) is 0 Å². The summed E-state index contributed by atoms with van der Waals surface area (Å²) in [6, 6.07) is -1.32. The monoisotopic (exact) mass is 286 g/mol. The highest BCUT2D eigenvalue weighted by atomic mass is 16.5. The van der Waals surface area contributed by atoms with Gasteiger partial charge in [-0.3, -0.25) is 0 Å². The summed E-state index contributed by atoms with van der Waals surface area (Å²) in [4.78, 5) is 22.5. The second-order valence-electron chi connectivity index (χ2n) is 5.37. The summed E-state index contributed by atoms with van der Waals surface area (Å²) in [5.41, 5.74) is 0. The van der Waals surface area contributed by atoms with Crippen molar-refractivity contribution in [2.75, 3.05) is 20.3 Å². The van der Waals surface area contributed by atoms with E-state index in [1.165, 1.54) is 32.8 Å². The molecule has 6 heteroatoms. The number of hydrogen-bond donors (Lipinski definition) is 3. The van der Waals surface area contributed by atoms with Crippen LogP contribution < -0.4 is 10.6 Å². The second kappa shape index (κ2) is 9.58. The van der Waals surface area contributed by atoms with Crippen LogP contribution in [0.3, 0.4) is 0 Å². The van der Waals surface area contributed by atoms with Gasteiger partial charge in [-0.15, -0.1) is 0 Å². The molecule has 0 heterocycles. The Morgan fingerprint density at radius 2 is 2.05 bits per heavy atom.